The molecule has 0 aliphatic carbocycles. The number of aliphatic imine (C=N–C) groups is 1. The zero-order valence-electron chi connectivity index (χ0n) is 23.9. The van der Waals surface area contributed by atoms with E-state index in [1.807, 2.05) is 9.80 Å². The van der Waals surface area contributed by atoms with E-state index in [9.17, 15) is 26.4 Å². The Morgan fingerprint density at radius 3 is 2.80 bits per heavy atom. The van der Waals surface area contributed by atoms with Crippen LogP contribution < -0.4 is 4.72 Å². The van der Waals surface area contributed by atoms with Gasteiger partial charge in [-0.3, -0.25) is 14.7 Å². The fraction of sp³-hybridized carbons (Fsp3) is 0.429. The molecule has 0 spiro atoms. The number of rotatable bonds is 10. The summed E-state index contributed by atoms with van der Waals surface area (Å²) in [5.41, 5.74) is 1.69. The third-order valence-corrected chi connectivity index (χ3v) is 10.6. The predicted octanol–water partition coefficient (Wildman–Crippen LogP) is 4.07. The Balaban J connectivity index is 1.35. The average molecular weight is 684 g/mol. The van der Waals surface area contributed by atoms with Gasteiger partial charge < -0.3 is 9.64 Å². The highest BCUT2D eigenvalue weighted by Gasteiger charge is 2.42. The third kappa shape index (κ3) is 6.52. The van der Waals surface area contributed by atoms with Crippen LogP contribution in [0.3, 0.4) is 0 Å². The zero-order chi connectivity index (χ0) is 31.9. The van der Waals surface area contributed by atoms with Gasteiger partial charge in [-0.05, 0) is 37.6 Å². The number of esters is 1. The first-order chi connectivity index (χ1) is 21.5. The van der Waals surface area contributed by atoms with Crippen LogP contribution in [0.5, 0.6) is 0 Å². The van der Waals surface area contributed by atoms with E-state index in [-0.39, 0.29) is 41.9 Å². The second-order valence-corrected chi connectivity index (χ2v) is 14.0. The number of fused-ring (bicyclic) bond motifs is 1. The molecule has 2 saturated heterocycles. The number of aromatic nitrogens is 3. The number of sulfonamides is 1. The first-order valence-corrected chi connectivity index (χ1v) is 17.0. The minimum Gasteiger partial charge on any atom is -0.468 e. The van der Waals surface area contributed by atoms with Gasteiger partial charge in [0.1, 0.15) is 17.9 Å². The lowest BCUT2D eigenvalue weighted by Gasteiger charge is -2.32. The van der Waals surface area contributed by atoms with E-state index < -0.39 is 40.5 Å². The Bertz CT molecular complexity index is 1750. The topological polar surface area (TPSA) is 122 Å². The molecule has 240 valence electrons. The van der Waals surface area contributed by atoms with Crippen LogP contribution in [0.2, 0.25) is 5.02 Å². The van der Waals surface area contributed by atoms with Gasteiger partial charge in [-0.25, -0.2) is 27.2 Å². The number of amidine groups is 1. The molecule has 0 bridgehead atoms. The van der Waals surface area contributed by atoms with Gasteiger partial charge >= 0.3 is 12.5 Å². The largest absolute Gasteiger partial charge is 0.468 e. The van der Waals surface area contributed by atoms with Gasteiger partial charge in [0.25, 0.3) is 0 Å². The van der Waals surface area contributed by atoms with Crippen molar-refractivity contribution in [1.29, 1.82) is 0 Å². The standard InChI is InChI=1S/C28H29ClF3N7O4S2/c1-43-27(40)21-3-2-8-37(21)10-12-45(41,42)36-17-14-22-23(20-6-9-39(35-20)28(31)32)24(18-5-4-16(30)13-19(18)29)34-25(38(22)15-17)26-33-7-11-44-26/h4-7,9,11,13,17,21,24,28,36H,2-3,8,10,12,14-15H2,1H3/t17-,21?,24-/m0/s1. The Morgan fingerprint density at radius 2 is 2.11 bits per heavy atom. The van der Waals surface area contributed by atoms with E-state index in [0.29, 0.717) is 45.3 Å². The Labute approximate surface area is 266 Å². The summed E-state index contributed by atoms with van der Waals surface area (Å²) in [6.07, 6.45) is 4.32. The molecule has 3 atom stereocenters. The first kappa shape index (κ1) is 31.7. The van der Waals surface area contributed by atoms with Crippen LogP contribution in [-0.2, 0) is 19.6 Å². The van der Waals surface area contributed by atoms with Gasteiger partial charge in [0.15, 0.2) is 10.8 Å². The predicted molar refractivity (Wildman–Crippen MR) is 162 cm³/mol. The van der Waals surface area contributed by atoms with E-state index in [0.717, 1.165) is 18.7 Å². The summed E-state index contributed by atoms with van der Waals surface area (Å²) in [4.78, 5) is 25.1. The highest BCUT2D eigenvalue weighted by Crippen LogP contribution is 2.46. The van der Waals surface area contributed by atoms with Gasteiger partial charge in [0, 0.05) is 65.2 Å². The summed E-state index contributed by atoms with van der Waals surface area (Å²) in [5, 5.41) is 6.52. The number of nitrogens with one attached hydrogen (secondary N) is 1. The van der Waals surface area contributed by atoms with Gasteiger partial charge in [-0.15, -0.1) is 11.3 Å². The molecular weight excluding hydrogens is 655 g/mol. The third-order valence-electron chi connectivity index (χ3n) is 8.06. The van der Waals surface area contributed by atoms with Crippen molar-refractivity contribution >= 4 is 50.3 Å². The molecule has 17 heteroatoms. The summed E-state index contributed by atoms with van der Waals surface area (Å²) in [7, 11) is -2.51. The Kier molecular flexibility index (Phi) is 9.03. The molecule has 3 aliphatic rings. The highest BCUT2D eigenvalue weighted by molar-refractivity contribution is 7.89. The number of methoxy groups -OCH3 is 1. The number of carbonyl (C=O) groups excluding carboxylic acids is 1. The molecule has 3 aromatic rings. The van der Waals surface area contributed by atoms with E-state index in [4.69, 9.17) is 21.3 Å². The lowest BCUT2D eigenvalue weighted by Crippen LogP contribution is -2.44. The van der Waals surface area contributed by atoms with Crippen molar-refractivity contribution in [2.75, 3.05) is 32.5 Å². The number of carbonyl (C=O) groups is 1. The number of nitrogens with zero attached hydrogens (tertiary/aromatic N) is 6. The molecule has 2 aromatic heterocycles. The number of halogens is 4. The van der Waals surface area contributed by atoms with Crippen LogP contribution >= 0.6 is 22.9 Å². The fourth-order valence-corrected chi connectivity index (χ4v) is 8.25. The van der Waals surface area contributed by atoms with Crippen LogP contribution in [0.15, 0.2) is 52.7 Å². The summed E-state index contributed by atoms with van der Waals surface area (Å²) in [6, 6.07) is 3.36. The van der Waals surface area contributed by atoms with Crippen LogP contribution in [-0.4, -0.2) is 89.4 Å². The van der Waals surface area contributed by atoms with E-state index in [1.165, 1.54) is 36.6 Å². The average Bonchev–Trinajstić information content (AvgIpc) is 3.82. The molecule has 5 heterocycles. The maximum Gasteiger partial charge on any atom is 0.333 e. The molecule has 11 nitrogen and oxygen atoms in total. The number of thiazole rings is 1. The minimum absolute atomic E-state index is 0.0875. The molecule has 0 radical (unpaired) electrons. The summed E-state index contributed by atoms with van der Waals surface area (Å²) >= 11 is 7.83. The Morgan fingerprint density at radius 1 is 1.29 bits per heavy atom. The number of likely N-dealkylation sites (tertiary alicyclic amines) is 1. The molecule has 1 N–H and O–H groups in total. The SMILES string of the molecule is COC(=O)C1CCCN1CCS(=O)(=O)N[C@H]1CC2=C(c3ccn(C(F)F)n3)[C@H](c3ccc(F)cc3Cl)N=C(c3nccs3)N2C1. The van der Waals surface area contributed by atoms with Crippen LogP contribution in [0.25, 0.3) is 5.57 Å². The number of alkyl halides is 2. The van der Waals surface area contributed by atoms with Crippen molar-refractivity contribution < 1.29 is 31.1 Å². The van der Waals surface area contributed by atoms with Gasteiger partial charge in [-0.2, -0.15) is 13.9 Å². The lowest BCUT2D eigenvalue weighted by atomic mass is 9.92. The van der Waals surface area contributed by atoms with Crippen molar-refractivity contribution in [3.8, 4) is 0 Å². The Hall–Kier alpha value is -3.31. The lowest BCUT2D eigenvalue weighted by molar-refractivity contribution is -0.145. The van der Waals surface area contributed by atoms with Crippen molar-refractivity contribution in [2.45, 2.75) is 43.9 Å². The van der Waals surface area contributed by atoms with Crippen molar-refractivity contribution in [1.82, 2.24) is 29.3 Å². The second-order valence-electron chi connectivity index (χ2n) is 10.8. The molecule has 1 unspecified atom stereocenters. The molecule has 2 fully saturated rings. The maximum atomic E-state index is 14.1. The normalized spacial score (nSPS) is 22.3. The summed E-state index contributed by atoms with van der Waals surface area (Å²) in [6.45, 7) is -1.95. The van der Waals surface area contributed by atoms with Crippen molar-refractivity contribution in [3.63, 3.8) is 0 Å². The van der Waals surface area contributed by atoms with E-state index >= 15 is 0 Å². The fourth-order valence-electron chi connectivity index (χ4n) is 6.08. The molecule has 0 saturated carbocycles. The first-order valence-electron chi connectivity index (χ1n) is 14.1. The number of hydrogen-bond donors (Lipinski definition) is 1. The highest BCUT2D eigenvalue weighted by atomic mass is 35.5. The quantitative estimate of drug-likeness (QED) is 0.318. The molecule has 1 aromatic carbocycles. The van der Waals surface area contributed by atoms with Crippen LogP contribution in [0.4, 0.5) is 13.2 Å². The minimum atomic E-state index is -3.82. The molecule has 3 aliphatic heterocycles. The number of hydrogen-bond acceptors (Lipinski definition) is 10. The van der Waals surface area contributed by atoms with Crippen molar-refractivity contribution in [2.24, 2.45) is 4.99 Å². The summed E-state index contributed by atoms with van der Waals surface area (Å²) < 4.78 is 76.0. The van der Waals surface area contributed by atoms with E-state index in [1.54, 1.807) is 11.6 Å². The molecular formula is C28H29ClF3N7O4S2. The zero-order valence-corrected chi connectivity index (χ0v) is 26.3. The van der Waals surface area contributed by atoms with Gasteiger partial charge in [-0.1, -0.05) is 17.7 Å². The van der Waals surface area contributed by atoms with Crippen molar-refractivity contribution in [3.05, 3.63) is 74.8 Å². The molecule has 0 amide bonds. The maximum absolute atomic E-state index is 14.1. The van der Waals surface area contributed by atoms with E-state index in [2.05, 4.69) is 14.8 Å². The molecule has 6 rings (SSSR count). The number of benzene rings is 1. The molecule has 45 heavy (non-hydrogen) atoms. The number of ether oxygens (including phenoxy) is 1. The van der Waals surface area contributed by atoms with Gasteiger partial charge in [0.2, 0.25) is 10.0 Å². The van der Waals surface area contributed by atoms with Crippen LogP contribution in [0.1, 0.15) is 48.1 Å². The monoisotopic (exact) mass is 683 g/mol. The second kappa shape index (κ2) is 12.8. The smallest absolute Gasteiger partial charge is 0.333 e. The van der Waals surface area contributed by atoms with Gasteiger partial charge in [0.05, 0.1) is 18.6 Å². The summed E-state index contributed by atoms with van der Waals surface area (Å²) in [5.74, 6) is -0.724. The van der Waals surface area contributed by atoms with Crippen LogP contribution in [0, 0.1) is 5.82 Å².